The largest absolute Gasteiger partial charge is 0.491 e. The summed E-state index contributed by atoms with van der Waals surface area (Å²) in [6.07, 6.45) is 3.80. The Balaban J connectivity index is 1.92. The lowest BCUT2D eigenvalue weighted by Crippen LogP contribution is -2.19. The molecule has 0 saturated heterocycles. The highest BCUT2D eigenvalue weighted by Gasteiger charge is 2.21. The normalized spacial score (nSPS) is 15.0. The second-order valence-corrected chi connectivity index (χ2v) is 6.30. The summed E-state index contributed by atoms with van der Waals surface area (Å²) in [5.41, 5.74) is 7.47. The average Bonchev–Trinajstić information content (AvgIpc) is 2.87. The van der Waals surface area contributed by atoms with Crippen LogP contribution in [0.3, 0.4) is 0 Å². The molecule has 2 N–H and O–H groups in total. The van der Waals surface area contributed by atoms with Gasteiger partial charge >= 0.3 is 0 Å². The Morgan fingerprint density at radius 1 is 1.43 bits per heavy atom. The van der Waals surface area contributed by atoms with Gasteiger partial charge in [0.1, 0.15) is 5.75 Å². The van der Waals surface area contributed by atoms with Crippen LogP contribution < -0.4 is 10.5 Å². The molecule has 3 rings (SSSR count). The number of rotatable bonds is 5. The van der Waals surface area contributed by atoms with Crippen molar-refractivity contribution in [3.05, 3.63) is 28.1 Å². The Kier molecular flexibility index (Phi) is 4.26. The van der Waals surface area contributed by atoms with E-state index >= 15 is 0 Å². The van der Waals surface area contributed by atoms with Gasteiger partial charge in [-0.15, -0.1) is 0 Å². The van der Waals surface area contributed by atoms with Crippen molar-refractivity contribution in [2.45, 2.75) is 32.7 Å². The maximum absolute atomic E-state index is 6.02. The van der Waals surface area contributed by atoms with Crippen LogP contribution in [0.5, 0.6) is 5.75 Å². The molecule has 21 heavy (non-hydrogen) atoms. The van der Waals surface area contributed by atoms with Crippen molar-refractivity contribution in [3.8, 4) is 17.1 Å². The Morgan fingerprint density at radius 2 is 2.24 bits per heavy atom. The van der Waals surface area contributed by atoms with Crippen molar-refractivity contribution in [2.75, 3.05) is 6.61 Å². The van der Waals surface area contributed by atoms with Crippen LogP contribution in [0, 0.1) is 12.8 Å². The highest BCUT2D eigenvalue weighted by molar-refractivity contribution is 9.10. The molecule has 5 nitrogen and oxygen atoms in total. The van der Waals surface area contributed by atoms with Gasteiger partial charge in [-0.3, -0.25) is 0 Å². The summed E-state index contributed by atoms with van der Waals surface area (Å²) in [5, 5.41) is 3.99. The van der Waals surface area contributed by atoms with Gasteiger partial charge in [-0.2, -0.15) is 4.98 Å². The maximum Gasteiger partial charge on any atom is 0.240 e. The first-order valence-electron chi connectivity index (χ1n) is 7.13. The zero-order valence-corrected chi connectivity index (χ0v) is 13.5. The monoisotopic (exact) mass is 351 g/mol. The van der Waals surface area contributed by atoms with Crippen LogP contribution >= 0.6 is 15.9 Å². The van der Waals surface area contributed by atoms with Crippen molar-refractivity contribution >= 4 is 15.9 Å². The van der Waals surface area contributed by atoms with E-state index in [-0.39, 0.29) is 6.54 Å². The molecule has 1 saturated carbocycles. The van der Waals surface area contributed by atoms with E-state index in [9.17, 15) is 0 Å². The first-order valence-corrected chi connectivity index (χ1v) is 7.92. The minimum absolute atomic E-state index is 0.234. The lowest BCUT2D eigenvalue weighted by Gasteiger charge is -2.26. The van der Waals surface area contributed by atoms with Gasteiger partial charge in [0.25, 0.3) is 0 Å². The average molecular weight is 352 g/mol. The molecule has 1 aromatic carbocycles. The summed E-state index contributed by atoms with van der Waals surface area (Å²) >= 11 is 3.57. The van der Waals surface area contributed by atoms with Gasteiger partial charge in [0.15, 0.2) is 0 Å². The van der Waals surface area contributed by atoms with E-state index in [1.807, 2.05) is 19.1 Å². The lowest BCUT2D eigenvalue weighted by molar-refractivity contribution is 0.180. The fraction of sp³-hybridized carbons (Fsp3) is 0.467. The van der Waals surface area contributed by atoms with E-state index in [0.29, 0.717) is 17.6 Å². The fourth-order valence-corrected chi connectivity index (χ4v) is 3.04. The summed E-state index contributed by atoms with van der Waals surface area (Å²) in [6, 6.07) is 4.04. The van der Waals surface area contributed by atoms with E-state index in [4.69, 9.17) is 15.0 Å². The van der Waals surface area contributed by atoms with Gasteiger partial charge in [0.05, 0.1) is 23.2 Å². The molecular formula is C15H18BrN3O2. The number of nitrogens with two attached hydrogens (primary N) is 1. The SMILES string of the molecule is Cc1cc(Br)c(OCC2CCC2)c(-c2noc(CN)n2)c1. The molecule has 112 valence electrons. The second-order valence-electron chi connectivity index (χ2n) is 5.45. The van der Waals surface area contributed by atoms with Gasteiger partial charge < -0.3 is 15.0 Å². The van der Waals surface area contributed by atoms with Crippen molar-refractivity contribution < 1.29 is 9.26 Å². The quantitative estimate of drug-likeness (QED) is 0.892. The Bertz CT molecular complexity index is 638. The van der Waals surface area contributed by atoms with Gasteiger partial charge in [-0.05, 0) is 59.3 Å². The standard InChI is InChI=1S/C15H18BrN3O2/c1-9-5-11(15-18-13(7-17)21-19-15)14(12(16)6-9)20-8-10-3-2-4-10/h5-6,10H,2-4,7-8,17H2,1H3. The van der Waals surface area contributed by atoms with Crippen LogP contribution in [-0.2, 0) is 6.54 Å². The van der Waals surface area contributed by atoms with Crippen LogP contribution in [0.2, 0.25) is 0 Å². The van der Waals surface area contributed by atoms with Gasteiger partial charge in [-0.25, -0.2) is 0 Å². The van der Waals surface area contributed by atoms with Gasteiger partial charge in [0, 0.05) is 0 Å². The number of hydrogen-bond acceptors (Lipinski definition) is 5. The molecule has 6 heteroatoms. The predicted octanol–water partition coefficient (Wildman–Crippen LogP) is 3.45. The molecule has 1 aliphatic rings. The minimum Gasteiger partial charge on any atom is -0.491 e. The fourth-order valence-electron chi connectivity index (χ4n) is 2.35. The second kappa shape index (κ2) is 6.15. The van der Waals surface area contributed by atoms with Crippen molar-refractivity contribution in [1.29, 1.82) is 0 Å². The number of ether oxygens (including phenoxy) is 1. The highest BCUT2D eigenvalue weighted by atomic mass is 79.9. The zero-order valence-electron chi connectivity index (χ0n) is 11.9. The smallest absolute Gasteiger partial charge is 0.240 e. The summed E-state index contributed by atoms with van der Waals surface area (Å²) in [4.78, 5) is 4.30. The molecule has 1 aromatic heterocycles. The van der Waals surface area contributed by atoms with E-state index in [0.717, 1.165) is 28.0 Å². The van der Waals surface area contributed by atoms with E-state index in [1.54, 1.807) is 0 Å². The molecule has 0 unspecified atom stereocenters. The zero-order chi connectivity index (χ0) is 14.8. The topological polar surface area (TPSA) is 74.2 Å². The van der Waals surface area contributed by atoms with E-state index < -0.39 is 0 Å². The van der Waals surface area contributed by atoms with E-state index in [2.05, 4.69) is 26.1 Å². The molecule has 2 aromatic rings. The summed E-state index contributed by atoms with van der Waals surface area (Å²) in [5.74, 6) is 2.38. The Hall–Kier alpha value is -1.40. The first-order chi connectivity index (χ1) is 10.2. The lowest BCUT2D eigenvalue weighted by atomic mass is 9.86. The predicted molar refractivity (Wildman–Crippen MR) is 82.9 cm³/mol. The van der Waals surface area contributed by atoms with Crippen molar-refractivity contribution in [3.63, 3.8) is 0 Å². The van der Waals surface area contributed by atoms with Crippen LogP contribution in [0.15, 0.2) is 21.1 Å². The van der Waals surface area contributed by atoms with Crippen molar-refractivity contribution in [2.24, 2.45) is 11.7 Å². The number of aromatic nitrogens is 2. The molecule has 0 bridgehead atoms. The Labute approximate surface area is 132 Å². The molecular weight excluding hydrogens is 334 g/mol. The van der Waals surface area contributed by atoms with Crippen molar-refractivity contribution in [1.82, 2.24) is 10.1 Å². The van der Waals surface area contributed by atoms with Crippen LogP contribution in [0.4, 0.5) is 0 Å². The van der Waals surface area contributed by atoms with Gasteiger partial charge in [-0.1, -0.05) is 11.6 Å². The molecule has 1 aliphatic carbocycles. The molecule has 0 spiro atoms. The summed E-state index contributed by atoms with van der Waals surface area (Å²) in [7, 11) is 0. The minimum atomic E-state index is 0.234. The molecule has 0 radical (unpaired) electrons. The maximum atomic E-state index is 6.02. The first kappa shape index (κ1) is 14.5. The third kappa shape index (κ3) is 3.11. The third-order valence-electron chi connectivity index (χ3n) is 3.76. The number of benzene rings is 1. The highest BCUT2D eigenvalue weighted by Crippen LogP contribution is 2.38. The van der Waals surface area contributed by atoms with Crippen LogP contribution in [-0.4, -0.2) is 16.7 Å². The molecule has 1 fully saturated rings. The van der Waals surface area contributed by atoms with Crippen LogP contribution in [0.1, 0.15) is 30.7 Å². The molecule has 0 amide bonds. The number of nitrogens with zero attached hydrogens (tertiary/aromatic N) is 2. The Morgan fingerprint density at radius 3 is 2.86 bits per heavy atom. The number of aryl methyl sites for hydroxylation is 1. The molecule has 0 atom stereocenters. The summed E-state index contributed by atoms with van der Waals surface area (Å²) < 4.78 is 12.0. The van der Waals surface area contributed by atoms with Gasteiger partial charge in [0.2, 0.25) is 11.7 Å². The number of halogens is 1. The molecule has 1 heterocycles. The molecule has 0 aliphatic heterocycles. The van der Waals surface area contributed by atoms with Crippen LogP contribution in [0.25, 0.3) is 11.4 Å². The summed E-state index contributed by atoms with van der Waals surface area (Å²) in [6.45, 7) is 2.99. The third-order valence-corrected chi connectivity index (χ3v) is 4.35. The van der Waals surface area contributed by atoms with E-state index in [1.165, 1.54) is 19.3 Å². The number of hydrogen-bond donors (Lipinski definition) is 1.